The smallest absolute Gasteiger partial charge is 0.251 e. The Morgan fingerprint density at radius 3 is 2.48 bits per heavy atom. The highest BCUT2D eigenvalue weighted by atomic mass is 35.5. The van der Waals surface area contributed by atoms with Crippen LogP contribution in [0, 0.1) is 0 Å². The van der Waals surface area contributed by atoms with Gasteiger partial charge >= 0.3 is 0 Å². The first-order chi connectivity index (χ1) is 11.7. The zero-order valence-corrected chi connectivity index (χ0v) is 16.1. The van der Waals surface area contributed by atoms with Gasteiger partial charge in [-0.25, -0.2) is 8.42 Å². The minimum Gasteiger partial charge on any atom is -0.352 e. The van der Waals surface area contributed by atoms with E-state index in [4.69, 9.17) is 23.2 Å². The van der Waals surface area contributed by atoms with Crippen molar-refractivity contribution in [1.29, 1.82) is 0 Å². The summed E-state index contributed by atoms with van der Waals surface area (Å²) >= 11 is 11.9. The minimum atomic E-state index is -3.13. The molecule has 0 saturated carbocycles. The number of aryl methyl sites for hydroxylation is 1. The zero-order chi connectivity index (χ0) is 18.4. The fraction of sp³-hybridized carbons (Fsp3) is 0.278. The highest BCUT2D eigenvalue weighted by Crippen LogP contribution is 2.23. The van der Waals surface area contributed by atoms with Crippen LogP contribution >= 0.6 is 23.2 Å². The van der Waals surface area contributed by atoms with Crippen molar-refractivity contribution in [2.45, 2.75) is 18.6 Å². The maximum Gasteiger partial charge on any atom is 0.251 e. The summed E-state index contributed by atoms with van der Waals surface area (Å²) in [5, 5.41) is 3.88. The van der Waals surface area contributed by atoms with Gasteiger partial charge < -0.3 is 5.32 Å². The van der Waals surface area contributed by atoms with Crippen molar-refractivity contribution in [1.82, 2.24) is 5.32 Å². The molecule has 2 aromatic rings. The number of halogens is 2. The number of carbonyl (C=O) groups excluding carboxylic acids is 1. The molecular formula is C18H19Cl2NO3S. The summed E-state index contributed by atoms with van der Waals surface area (Å²) in [5.74, 6) is -0.296. The molecular weight excluding hydrogens is 381 g/mol. The van der Waals surface area contributed by atoms with Crippen molar-refractivity contribution in [3.8, 4) is 0 Å². The molecule has 134 valence electrons. The predicted octanol–water partition coefficient (Wildman–Crippen LogP) is 3.90. The van der Waals surface area contributed by atoms with E-state index < -0.39 is 9.84 Å². The fourth-order valence-electron chi connectivity index (χ4n) is 2.40. The topological polar surface area (TPSA) is 63.2 Å². The van der Waals surface area contributed by atoms with Crippen LogP contribution in [0.15, 0.2) is 42.5 Å². The van der Waals surface area contributed by atoms with Gasteiger partial charge in [-0.05, 0) is 48.2 Å². The number of nitrogens with one attached hydrogen (secondary N) is 1. The maximum atomic E-state index is 12.2. The molecule has 2 aromatic carbocycles. The third-order valence-corrected chi connectivity index (χ3v) is 5.13. The molecule has 4 nitrogen and oxygen atoms in total. The molecule has 0 saturated heterocycles. The van der Waals surface area contributed by atoms with Crippen molar-refractivity contribution in [2.24, 2.45) is 0 Å². The Balaban J connectivity index is 1.86. The van der Waals surface area contributed by atoms with Crippen LogP contribution in [-0.2, 0) is 22.0 Å². The number of benzene rings is 2. The van der Waals surface area contributed by atoms with Gasteiger partial charge in [0.1, 0.15) is 0 Å². The lowest BCUT2D eigenvalue weighted by molar-refractivity contribution is 0.0953. The molecule has 0 aliphatic rings. The standard InChI is InChI=1S/C18H19Cl2NO3S/c1-25(23,24)12-14-4-2-6-15(10-14)18(22)21-9-3-5-13-7-8-16(19)17(20)11-13/h2,4,6-8,10-11H,3,5,9,12H2,1H3,(H,21,22). The molecule has 0 aliphatic carbocycles. The van der Waals surface area contributed by atoms with Gasteiger partial charge in [0.25, 0.3) is 5.91 Å². The van der Waals surface area contributed by atoms with E-state index >= 15 is 0 Å². The molecule has 7 heteroatoms. The summed E-state index contributed by atoms with van der Waals surface area (Å²) in [7, 11) is -3.13. The molecule has 25 heavy (non-hydrogen) atoms. The molecule has 0 bridgehead atoms. The van der Waals surface area contributed by atoms with E-state index in [0.29, 0.717) is 27.7 Å². The highest BCUT2D eigenvalue weighted by Gasteiger charge is 2.09. The van der Waals surface area contributed by atoms with E-state index in [1.807, 2.05) is 12.1 Å². The predicted molar refractivity (Wildman–Crippen MR) is 102 cm³/mol. The quantitative estimate of drug-likeness (QED) is 0.717. The van der Waals surface area contributed by atoms with Gasteiger partial charge in [-0.3, -0.25) is 4.79 Å². The summed E-state index contributed by atoms with van der Waals surface area (Å²) in [6.07, 6.45) is 2.70. The largest absolute Gasteiger partial charge is 0.352 e. The van der Waals surface area contributed by atoms with Crippen molar-refractivity contribution in [3.05, 3.63) is 69.2 Å². The van der Waals surface area contributed by atoms with Gasteiger partial charge in [0.05, 0.1) is 15.8 Å². The Morgan fingerprint density at radius 2 is 1.80 bits per heavy atom. The second-order valence-electron chi connectivity index (χ2n) is 5.88. The summed E-state index contributed by atoms with van der Waals surface area (Å²) in [5.41, 5.74) is 2.11. The Hall–Kier alpha value is -1.56. The minimum absolute atomic E-state index is 0.0779. The molecule has 0 atom stereocenters. The van der Waals surface area contributed by atoms with Crippen LogP contribution in [0.3, 0.4) is 0 Å². The van der Waals surface area contributed by atoms with E-state index in [1.54, 1.807) is 30.3 Å². The number of sulfone groups is 1. The van der Waals surface area contributed by atoms with Gasteiger partial charge in [-0.2, -0.15) is 0 Å². The SMILES string of the molecule is CS(=O)(=O)Cc1cccc(C(=O)NCCCc2ccc(Cl)c(Cl)c2)c1. The van der Waals surface area contributed by atoms with E-state index in [2.05, 4.69) is 5.32 Å². The van der Waals surface area contributed by atoms with Crippen molar-refractivity contribution < 1.29 is 13.2 Å². The van der Waals surface area contributed by atoms with Crippen molar-refractivity contribution in [3.63, 3.8) is 0 Å². The van der Waals surface area contributed by atoms with Crippen LogP contribution in [0.25, 0.3) is 0 Å². The normalized spacial score (nSPS) is 11.3. The summed E-state index contributed by atoms with van der Waals surface area (Å²) in [6.45, 7) is 0.509. The van der Waals surface area contributed by atoms with Crippen LogP contribution in [-0.4, -0.2) is 27.1 Å². The second kappa shape index (κ2) is 8.70. The molecule has 1 N–H and O–H groups in total. The molecule has 0 radical (unpaired) electrons. The third kappa shape index (κ3) is 6.69. The van der Waals surface area contributed by atoms with Crippen LogP contribution < -0.4 is 5.32 Å². The molecule has 0 fully saturated rings. The van der Waals surface area contributed by atoms with Crippen LogP contribution in [0.2, 0.25) is 10.0 Å². The Morgan fingerprint density at radius 1 is 1.04 bits per heavy atom. The van der Waals surface area contributed by atoms with Crippen LogP contribution in [0.1, 0.15) is 27.9 Å². The van der Waals surface area contributed by atoms with E-state index in [9.17, 15) is 13.2 Å². The first kappa shape index (κ1) is 19.8. The molecule has 2 rings (SSSR count). The zero-order valence-electron chi connectivity index (χ0n) is 13.8. The van der Waals surface area contributed by atoms with Crippen molar-refractivity contribution in [2.75, 3.05) is 12.8 Å². The molecule has 1 amide bonds. The van der Waals surface area contributed by atoms with E-state index in [1.165, 1.54) is 6.26 Å². The van der Waals surface area contributed by atoms with Crippen LogP contribution in [0.4, 0.5) is 0 Å². The van der Waals surface area contributed by atoms with Crippen molar-refractivity contribution >= 4 is 38.9 Å². The summed E-state index contributed by atoms with van der Waals surface area (Å²) in [4.78, 5) is 12.2. The number of hydrogen-bond acceptors (Lipinski definition) is 3. The fourth-order valence-corrected chi connectivity index (χ4v) is 3.50. The molecule has 0 spiro atoms. The molecule has 0 aromatic heterocycles. The maximum absolute atomic E-state index is 12.2. The van der Waals surface area contributed by atoms with Gasteiger partial charge in [-0.15, -0.1) is 0 Å². The summed E-state index contributed by atoms with van der Waals surface area (Å²) < 4.78 is 22.7. The number of hydrogen-bond donors (Lipinski definition) is 1. The molecule has 0 heterocycles. The molecule has 0 aliphatic heterocycles. The second-order valence-corrected chi connectivity index (χ2v) is 8.83. The van der Waals surface area contributed by atoms with Gasteiger partial charge in [0, 0.05) is 18.4 Å². The monoisotopic (exact) mass is 399 g/mol. The Kier molecular flexibility index (Phi) is 6.87. The lowest BCUT2D eigenvalue weighted by Crippen LogP contribution is -2.24. The number of amides is 1. The van der Waals surface area contributed by atoms with Crippen LogP contribution in [0.5, 0.6) is 0 Å². The third-order valence-electron chi connectivity index (χ3n) is 3.53. The highest BCUT2D eigenvalue weighted by molar-refractivity contribution is 7.89. The number of carbonyl (C=O) groups is 1. The molecule has 0 unspecified atom stereocenters. The van der Waals surface area contributed by atoms with E-state index in [0.717, 1.165) is 18.4 Å². The first-order valence-electron chi connectivity index (χ1n) is 7.73. The van der Waals surface area contributed by atoms with E-state index in [-0.39, 0.29) is 11.7 Å². The average molecular weight is 400 g/mol. The number of rotatable bonds is 7. The Labute approximate surface area is 158 Å². The summed E-state index contributed by atoms with van der Waals surface area (Å²) in [6, 6.07) is 12.1. The van der Waals surface area contributed by atoms with Gasteiger partial charge in [-0.1, -0.05) is 41.4 Å². The lowest BCUT2D eigenvalue weighted by atomic mass is 10.1. The van der Waals surface area contributed by atoms with Gasteiger partial charge in [0.15, 0.2) is 9.84 Å². The van der Waals surface area contributed by atoms with Gasteiger partial charge in [0.2, 0.25) is 0 Å². The first-order valence-corrected chi connectivity index (χ1v) is 10.5. The average Bonchev–Trinajstić information content (AvgIpc) is 2.53. The Bertz CT molecular complexity index is 866. The lowest BCUT2D eigenvalue weighted by Gasteiger charge is -2.07.